The van der Waals surface area contributed by atoms with Crippen LogP contribution in [0.25, 0.3) is 5.76 Å². The highest BCUT2D eigenvalue weighted by molar-refractivity contribution is 5.66. The Morgan fingerprint density at radius 2 is 1.90 bits per heavy atom. The molecule has 0 radical (unpaired) electrons. The minimum absolute atomic E-state index is 0.101. The van der Waals surface area contributed by atoms with Gasteiger partial charge in [0.2, 0.25) is 0 Å². The molecule has 2 aliphatic carbocycles. The lowest BCUT2D eigenvalue weighted by Crippen LogP contribution is -2.46. The molecule has 0 bridgehead atoms. The van der Waals surface area contributed by atoms with Crippen LogP contribution < -0.4 is 0 Å². The first kappa shape index (κ1) is 20.8. The molecule has 1 aliphatic heterocycles. The second-order valence-electron chi connectivity index (χ2n) is 9.85. The highest BCUT2D eigenvalue weighted by Gasteiger charge is 2.48. The van der Waals surface area contributed by atoms with Crippen LogP contribution in [0.3, 0.4) is 0 Å². The van der Waals surface area contributed by atoms with Crippen LogP contribution in [-0.4, -0.2) is 24.3 Å². The molecule has 164 valence electrons. The summed E-state index contributed by atoms with van der Waals surface area (Å²) >= 11 is 0. The van der Waals surface area contributed by atoms with Crippen molar-refractivity contribution in [3.63, 3.8) is 0 Å². The van der Waals surface area contributed by atoms with E-state index in [2.05, 4.69) is 42.5 Å². The number of hydrogen-bond donors (Lipinski definition) is 0. The highest BCUT2D eigenvalue weighted by atomic mass is 16.5. The lowest BCUT2D eigenvalue weighted by molar-refractivity contribution is -0.105. The van der Waals surface area contributed by atoms with E-state index in [0.717, 1.165) is 31.6 Å². The highest BCUT2D eigenvalue weighted by Crippen LogP contribution is 2.50. The molecule has 1 saturated heterocycles. The van der Waals surface area contributed by atoms with Crippen molar-refractivity contribution in [2.24, 2.45) is 0 Å². The zero-order chi connectivity index (χ0) is 21.2. The van der Waals surface area contributed by atoms with E-state index in [-0.39, 0.29) is 11.0 Å². The van der Waals surface area contributed by atoms with Crippen molar-refractivity contribution in [2.45, 2.75) is 81.1 Å². The average Bonchev–Trinajstić information content (AvgIpc) is 3.27. The minimum atomic E-state index is 0.101. The monoisotopic (exact) mass is 417 g/mol. The van der Waals surface area contributed by atoms with Gasteiger partial charge in [-0.3, -0.25) is 4.98 Å². The molecule has 3 aliphatic rings. The van der Waals surface area contributed by atoms with Gasteiger partial charge in [0.15, 0.2) is 0 Å². The summed E-state index contributed by atoms with van der Waals surface area (Å²) in [5.41, 5.74) is 4.27. The molecule has 2 aromatic rings. The fraction of sp³-hybridized carbons (Fsp3) is 0.536. The molecule has 31 heavy (non-hydrogen) atoms. The summed E-state index contributed by atoms with van der Waals surface area (Å²) in [6.07, 6.45) is 16.3. The van der Waals surface area contributed by atoms with Crippen molar-refractivity contribution in [1.29, 1.82) is 0 Å². The Morgan fingerprint density at radius 1 is 1.06 bits per heavy atom. The quantitative estimate of drug-likeness (QED) is 0.519. The van der Waals surface area contributed by atoms with E-state index in [9.17, 15) is 0 Å². The van der Waals surface area contributed by atoms with Crippen molar-refractivity contribution < 1.29 is 9.47 Å². The maximum Gasteiger partial charge on any atom is 0.122 e. The maximum atomic E-state index is 6.42. The van der Waals surface area contributed by atoms with E-state index in [1.807, 2.05) is 12.3 Å². The molecule has 3 heteroatoms. The predicted molar refractivity (Wildman–Crippen MR) is 125 cm³/mol. The van der Waals surface area contributed by atoms with Gasteiger partial charge in [-0.1, -0.05) is 49.6 Å². The average molecular weight is 418 g/mol. The summed E-state index contributed by atoms with van der Waals surface area (Å²) in [5, 5.41) is 0. The van der Waals surface area contributed by atoms with Gasteiger partial charge in [-0.15, -0.1) is 0 Å². The molecule has 0 unspecified atom stereocenters. The summed E-state index contributed by atoms with van der Waals surface area (Å²) in [6, 6.07) is 15.2. The summed E-state index contributed by atoms with van der Waals surface area (Å²) in [4.78, 5) is 4.87. The summed E-state index contributed by atoms with van der Waals surface area (Å²) in [6.45, 7) is 0.878. The first-order chi connectivity index (χ1) is 15.2. The summed E-state index contributed by atoms with van der Waals surface area (Å²) in [5.74, 6) is 1.61. The summed E-state index contributed by atoms with van der Waals surface area (Å²) in [7, 11) is 1.78. The van der Waals surface area contributed by atoms with E-state index in [0.29, 0.717) is 5.92 Å². The smallest absolute Gasteiger partial charge is 0.122 e. The largest absolute Gasteiger partial charge is 0.496 e. The molecule has 3 nitrogen and oxygen atoms in total. The van der Waals surface area contributed by atoms with Gasteiger partial charge in [-0.05, 0) is 74.6 Å². The lowest BCUT2D eigenvalue weighted by atomic mass is 9.66. The zero-order valence-electron chi connectivity index (χ0n) is 18.8. The normalized spacial score (nSPS) is 27.0. The van der Waals surface area contributed by atoms with Crippen LogP contribution in [0.1, 0.15) is 86.9 Å². The van der Waals surface area contributed by atoms with Crippen molar-refractivity contribution in [2.75, 3.05) is 13.7 Å². The van der Waals surface area contributed by atoms with E-state index in [1.54, 1.807) is 7.11 Å². The first-order valence-electron chi connectivity index (χ1n) is 12.1. The molecule has 2 atom stereocenters. The van der Waals surface area contributed by atoms with E-state index in [1.165, 1.54) is 61.8 Å². The Kier molecular flexibility index (Phi) is 5.88. The number of ether oxygens (including phenoxy) is 2. The molecular formula is C28H35NO2. The second-order valence-corrected chi connectivity index (χ2v) is 9.85. The van der Waals surface area contributed by atoms with Crippen molar-refractivity contribution in [3.8, 4) is 0 Å². The van der Waals surface area contributed by atoms with E-state index >= 15 is 0 Å². The van der Waals surface area contributed by atoms with Gasteiger partial charge >= 0.3 is 0 Å². The van der Waals surface area contributed by atoms with Crippen LogP contribution in [0.4, 0.5) is 0 Å². The lowest BCUT2D eigenvalue weighted by Gasteiger charge is -2.46. The van der Waals surface area contributed by atoms with Crippen LogP contribution in [0.15, 0.2) is 54.7 Å². The molecule has 1 aromatic heterocycles. The molecule has 2 fully saturated rings. The summed E-state index contributed by atoms with van der Waals surface area (Å²) < 4.78 is 12.1. The fourth-order valence-electron chi connectivity index (χ4n) is 6.51. The molecule has 0 N–H and O–H groups in total. The molecule has 2 heterocycles. The van der Waals surface area contributed by atoms with Gasteiger partial charge < -0.3 is 9.47 Å². The number of fused-ring (bicyclic) bond motifs is 1. The van der Waals surface area contributed by atoms with E-state index in [4.69, 9.17) is 14.5 Å². The minimum Gasteiger partial charge on any atom is -0.496 e. The number of hydrogen-bond acceptors (Lipinski definition) is 3. The number of pyridine rings is 1. The van der Waals surface area contributed by atoms with Gasteiger partial charge in [-0.2, -0.15) is 0 Å². The Hall–Kier alpha value is -2.13. The fourth-order valence-corrected chi connectivity index (χ4v) is 6.51. The third-order valence-electron chi connectivity index (χ3n) is 8.05. The number of benzene rings is 1. The molecule has 1 spiro atoms. The van der Waals surface area contributed by atoms with Crippen molar-refractivity contribution >= 4 is 5.76 Å². The second kappa shape index (κ2) is 8.78. The number of nitrogens with zero attached hydrogens (tertiary/aromatic N) is 1. The predicted octanol–water partition coefficient (Wildman–Crippen LogP) is 6.79. The molecule has 0 amide bonds. The van der Waals surface area contributed by atoms with Gasteiger partial charge in [0, 0.05) is 29.5 Å². The number of methoxy groups -OCH3 is 1. The Bertz CT molecular complexity index is 916. The Balaban J connectivity index is 1.34. The molecule has 5 rings (SSSR count). The number of allylic oxidation sites excluding steroid dienone is 1. The SMILES string of the molecule is COC1=CC[C@H](CCC[C@@]2(c3ccccn3)CCOC3(CCCC3)C2)c2ccccc21. The Morgan fingerprint density at radius 3 is 2.71 bits per heavy atom. The van der Waals surface area contributed by atoms with Crippen LogP contribution in [-0.2, 0) is 14.9 Å². The first-order valence-corrected chi connectivity index (χ1v) is 12.1. The van der Waals surface area contributed by atoms with Gasteiger partial charge in [0.05, 0.1) is 12.7 Å². The van der Waals surface area contributed by atoms with Crippen LogP contribution in [0.2, 0.25) is 0 Å². The molecular weight excluding hydrogens is 382 g/mol. The topological polar surface area (TPSA) is 31.4 Å². The standard InChI is InChI=1S/C28H35NO2/c1-30-25-14-13-22(23-10-2-3-11-24(23)25)9-8-15-27(26-12-4-7-19-29-26)18-20-31-28(21-27)16-5-6-17-28/h2-4,7,10-12,14,19,22H,5-6,8-9,13,15-18,20-21H2,1H3/t22-,27+/m0/s1. The van der Waals surface area contributed by atoms with E-state index < -0.39 is 0 Å². The van der Waals surface area contributed by atoms with Crippen molar-refractivity contribution in [3.05, 3.63) is 71.6 Å². The van der Waals surface area contributed by atoms with Crippen molar-refractivity contribution in [1.82, 2.24) is 4.98 Å². The van der Waals surface area contributed by atoms with Crippen LogP contribution in [0, 0.1) is 0 Å². The van der Waals surface area contributed by atoms with Gasteiger partial charge in [0.1, 0.15) is 5.76 Å². The third-order valence-corrected chi connectivity index (χ3v) is 8.05. The van der Waals surface area contributed by atoms with Gasteiger partial charge in [-0.25, -0.2) is 0 Å². The number of aromatic nitrogens is 1. The maximum absolute atomic E-state index is 6.42. The molecule has 1 saturated carbocycles. The third kappa shape index (κ3) is 4.05. The van der Waals surface area contributed by atoms with Crippen LogP contribution >= 0.6 is 0 Å². The number of rotatable bonds is 6. The Labute approximate surface area is 186 Å². The van der Waals surface area contributed by atoms with Gasteiger partial charge in [0.25, 0.3) is 0 Å². The zero-order valence-corrected chi connectivity index (χ0v) is 18.8. The van der Waals surface area contributed by atoms with Crippen LogP contribution in [0.5, 0.6) is 0 Å². The molecule has 1 aromatic carbocycles.